The zero-order chi connectivity index (χ0) is 19.4. The van der Waals surface area contributed by atoms with Crippen LogP contribution < -0.4 is 9.47 Å². The number of carboxylic acids is 1. The molecule has 1 saturated carbocycles. The van der Waals surface area contributed by atoms with Gasteiger partial charge in [-0.05, 0) is 47.7 Å². The van der Waals surface area contributed by atoms with Crippen molar-refractivity contribution in [1.82, 2.24) is 4.90 Å². The van der Waals surface area contributed by atoms with Crippen molar-refractivity contribution in [2.24, 2.45) is 5.92 Å². The normalized spacial score (nSPS) is 17.9. The highest BCUT2D eigenvalue weighted by atomic mass is 16.5. The van der Waals surface area contributed by atoms with Crippen molar-refractivity contribution < 1.29 is 24.2 Å². The van der Waals surface area contributed by atoms with Gasteiger partial charge in [0.25, 0.3) is 0 Å². The molecule has 6 nitrogen and oxygen atoms in total. The van der Waals surface area contributed by atoms with Crippen LogP contribution in [0.2, 0.25) is 0 Å². The van der Waals surface area contributed by atoms with Gasteiger partial charge >= 0.3 is 5.97 Å². The minimum Gasteiger partial charge on any atom is -0.497 e. The van der Waals surface area contributed by atoms with Gasteiger partial charge in [-0.3, -0.25) is 4.79 Å². The topological polar surface area (TPSA) is 76.1 Å². The molecule has 0 heterocycles. The Balaban J connectivity index is 1.54. The predicted octanol–water partition coefficient (Wildman–Crippen LogP) is 2.92. The summed E-state index contributed by atoms with van der Waals surface area (Å²) < 4.78 is 10.4. The average molecular weight is 369 g/mol. The van der Waals surface area contributed by atoms with E-state index in [-0.39, 0.29) is 24.3 Å². The lowest BCUT2D eigenvalue weighted by Crippen LogP contribution is -2.28. The fourth-order valence-electron chi connectivity index (χ4n) is 3.18. The number of amides is 1. The van der Waals surface area contributed by atoms with E-state index in [2.05, 4.69) is 0 Å². The number of benzene rings is 2. The monoisotopic (exact) mass is 369 g/mol. The summed E-state index contributed by atoms with van der Waals surface area (Å²) in [5.41, 5.74) is 2.10. The molecule has 142 valence electrons. The van der Waals surface area contributed by atoms with Crippen molar-refractivity contribution in [1.29, 1.82) is 0 Å². The van der Waals surface area contributed by atoms with Crippen LogP contribution in [0, 0.1) is 5.92 Å². The van der Waals surface area contributed by atoms with Gasteiger partial charge in [-0.15, -0.1) is 0 Å². The Hall–Kier alpha value is -3.02. The van der Waals surface area contributed by atoms with Crippen LogP contribution in [0.15, 0.2) is 48.5 Å². The molecule has 1 aliphatic carbocycles. The Morgan fingerprint density at radius 2 is 1.89 bits per heavy atom. The summed E-state index contributed by atoms with van der Waals surface area (Å²) in [6.07, 6.45) is 0.859. The van der Waals surface area contributed by atoms with Gasteiger partial charge in [0.05, 0.1) is 7.11 Å². The lowest BCUT2D eigenvalue weighted by Gasteiger charge is -2.18. The van der Waals surface area contributed by atoms with Gasteiger partial charge in [0.1, 0.15) is 11.5 Å². The minimum atomic E-state index is -1.01. The molecule has 1 aliphatic rings. The number of hydrogen-bond donors (Lipinski definition) is 1. The number of ether oxygens (including phenoxy) is 2. The van der Waals surface area contributed by atoms with Crippen LogP contribution in [0.3, 0.4) is 0 Å². The Labute approximate surface area is 158 Å². The fraction of sp³-hybridized carbons (Fsp3) is 0.333. The second-order valence-electron chi connectivity index (χ2n) is 6.75. The van der Waals surface area contributed by atoms with Crippen molar-refractivity contribution >= 4 is 11.9 Å². The van der Waals surface area contributed by atoms with Crippen molar-refractivity contribution in [2.75, 3.05) is 20.8 Å². The number of methoxy groups -OCH3 is 1. The maximum Gasteiger partial charge on any atom is 0.341 e. The van der Waals surface area contributed by atoms with Crippen LogP contribution in [0.5, 0.6) is 11.5 Å². The van der Waals surface area contributed by atoms with Gasteiger partial charge < -0.3 is 19.5 Å². The third-order valence-corrected chi connectivity index (χ3v) is 4.71. The second-order valence-corrected chi connectivity index (χ2v) is 6.75. The zero-order valence-corrected chi connectivity index (χ0v) is 15.4. The molecule has 27 heavy (non-hydrogen) atoms. The van der Waals surface area contributed by atoms with Crippen LogP contribution in [0.1, 0.15) is 23.5 Å². The van der Waals surface area contributed by atoms with Gasteiger partial charge in [0.2, 0.25) is 5.91 Å². The molecule has 0 bridgehead atoms. The molecule has 0 aromatic heterocycles. The quantitative estimate of drug-likeness (QED) is 0.774. The first-order valence-electron chi connectivity index (χ1n) is 8.80. The molecular formula is C21H23NO5. The first-order chi connectivity index (χ1) is 13.0. The summed E-state index contributed by atoms with van der Waals surface area (Å²) in [5.74, 6) is 0.690. The largest absolute Gasteiger partial charge is 0.497 e. The summed E-state index contributed by atoms with van der Waals surface area (Å²) in [5, 5.41) is 8.62. The molecule has 1 amide bonds. The molecule has 0 aliphatic heterocycles. The van der Waals surface area contributed by atoms with Gasteiger partial charge in [-0.25, -0.2) is 4.79 Å². The summed E-state index contributed by atoms with van der Waals surface area (Å²) in [6.45, 7) is 0.129. The maximum absolute atomic E-state index is 12.7. The first kappa shape index (κ1) is 18.8. The Morgan fingerprint density at radius 3 is 2.56 bits per heavy atom. The number of aliphatic carboxylic acids is 1. The van der Waals surface area contributed by atoms with Crippen LogP contribution in [0.25, 0.3) is 0 Å². The van der Waals surface area contributed by atoms with E-state index in [9.17, 15) is 9.59 Å². The molecule has 0 radical (unpaired) electrons. The zero-order valence-electron chi connectivity index (χ0n) is 15.4. The van der Waals surface area contributed by atoms with E-state index in [1.165, 1.54) is 0 Å². The molecule has 2 atom stereocenters. The van der Waals surface area contributed by atoms with Crippen LogP contribution >= 0.6 is 0 Å². The van der Waals surface area contributed by atoms with E-state index >= 15 is 0 Å². The summed E-state index contributed by atoms with van der Waals surface area (Å²) >= 11 is 0. The first-order valence-corrected chi connectivity index (χ1v) is 8.80. The molecule has 1 N–H and O–H groups in total. The number of carboxylic acid groups (broad SMARTS) is 1. The molecule has 1 fully saturated rings. The number of carbonyl (C=O) groups excluding carboxylic acids is 1. The van der Waals surface area contributed by atoms with E-state index in [4.69, 9.17) is 14.6 Å². The highest BCUT2D eigenvalue weighted by Crippen LogP contribution is 2.49. The van der Waals surface area contributed by atoms with E-state index in [0.717, 1.165) is 23.3 Å². The highest BCUT2D eigenvalue weighted by Gasteiger charge is 2.45. The van der Waals surface area contributed by atoms with Gasteiger partial charge in [-0.2, -0.15) is 0 Å². The van der Waals surface area contributed by atoms with Crippen LogP contribution in [-0.4, -0.2) is 42.6 Å². The molecule has 2 unspecified atom stereocenters. The van der Waals surface area contributed by atoms with Crippen LogP contribution in [0.4, 0.5) is 0 Å². The maximum atomic E-state index is 12.7. The number of rotatable bonds is 8. The third-order valence-electron chi connectivity index (χ3n) is 4.71. The summed E-state index contributed by atoms with van der Waals surface area (Å²) in [4.78, 5) is 24.9. The molecule has 0 saturated heterocycles. The standard InChI is InChI=1S/C21H23NO5/c1-22(12-14-6-8-16(9-7-14)27-13-20(23)24)21(25)19-11-18(19)15-4-3-5-17(10-15)26-2/h3-10,18-19H,11-13H2,1-2H3,(H,23,24). The lowest BCUT2D eigenvalue weighted by atomic mass is 10.1. The van der Waals surface area contributed by atoms with Crippen molar-refractivity contribution in [3.05, 3.63) is 59.7 Å². The third kappa shape index (κ3) is 4.78. The molecule has 2 aromatic carbocycles. The number of hydrogen-bond acceptors (Lipinski definition) is 4. The van der Waals surface area contributed by atoms with Gasteiger partial charge in [-0.1, -0.05) is 24.3 Å². The van der Waals surface area contributed by atoms with Crippen molar-refractivity contribution in [2.45, 2.75) is 18.9 Å². The van der Waals surface area contributed by atoms with Crippen molar-refractivity contribution in [3.63, 3.8) is 0 Å². The van der Waals surface area contributed by atoms with E-state index in [0.29, 0.717) is 12.3 Å². The average Bonchev–Trinajstić information content (AvgIpc) is 3.47. The molecule has 2 aromatic rings. The van der Waals surface area contributed by atoms with E-state index < -0.39 is 5.97 Å². The highest BCUT2D eigenvalue weighted by molar-refractivity contribution is 5.82. The minimum absolute atomic E-state index is 0.0141. The summed E-state index contributed by atoms with van der Waals surface area (Å²) in [7, 11) is 3.44. The lowest BCUT2D eigenvalue weighted by molar-refractivity contribution is -0.139. The number of nitrogens with zero attached hydrogens (tertiary/aromatic N) is 1. The van der Waals surface area contributed by atoms with Gasteiger partial charge in [0, 0.05) is 19.5 Å². The summed E-state index contributed by atoms with van der Waals surface area (Å²) in [6, 6.07) is 15.0. The Morgan fingerprint density at radius 1 is 1.15 bits per heavy atom. The fourth-order valence-corrected chi connectivity index (χ4v) is 3.18. The second kappa shape index (κ2) is 8.12. The Kier molecular flexibility index (Phi) is 5.64. The van der Waals surface area contributed by atoms with E-state index in [1.54, 1.807) is 31.2 Å². The smallest absolute Gasteiger partial charge is 0.341 e. The van der Waals surface area contributed by atoms with E-state index in [1.807, 2.05) is 36.4 Å². The van der Waals surface area contributed by atoms with Crippen molar-refractivity contribution in [3.8, 4) is 11.5 Å². The Bertz CT molecular complexity index is 818. The molecule has 3 rings (SSSR count). The SMILES string of the molecule is COc1cccc(C2CC2C(=O)N(C)Cc2ccc(OCC(=O)O)cc2)c1. The molecule has 6 heteroatoms. The van der Waals surface area contributed by atoms with Crippen LogP contribution in [-0.2, 0) is 16.1 Å². The predicted molar refractivity (Wildman–Crippen MR) is 99.9 cm³/mol. The molecule has 0 spiro atoms. The number of carbonyl (C=O) groups is 2. The van der Waals surface area contributed by atoms with Gasteiger partial charge in [0.15, 0.2) is 6.61 Å². The molecular weight excluding hydrogens is 346 g/mol.